The predicted octanol–water partition coefficient (Wildman–Crippen LogP) is -0.0524. The van der Waals surface area contributed by atoms with E-state index < -0.39 is 5.91 Å². The van der Waals surface area contributed by atoms with E-state index in [9.17, 15) is 4.79 Å². The molecular formula is C8H11N3O. The average molecular weight is 165 g/mol. The minimum absolute atomic E-state index is 0.282. The molecule has 0 aliphatic heterocycles. The Labute approximate surface area is 70.6 Å². The normalized spacial score (nSPS) is 9.83. The number of hydrogen-bond acceptors (Lipinski definition) is 3. The van der Waals surface area contributed by atoms with Crippen LogP contribution < -0.4 is 11.5 Å². The number of nitrogens with two attached hydrogens (primary N) is 2. The molecule has 0 fully saturated rings. The van der Waals surface area contributed by atoms with Crippen LogP contribution in [-0.2, 0) is 6.54 Å². The summed E-state index contributed by atoms with van der Waals surface area (Å²) in [6.07, 6.45) is 0. The Morgan fingerprint density at radius 3 is 2.67 bits per heavy atom. The van der Waals surface area contributed by atoms with Crippen molar-refractivity contribution in [3.63, 3.8) is 0 Å². The summed E-state index contributed by atoms with van der Waals surface area (Å²) in [5.74, 6) is -0.512. The van der Waals surface area contributed by atoms with E-state index in [1.807, 2.05) is 0 Å². The molecule has 4 N–H and O–H groups in total. The lowest BCUT2D eigenvalue weighted by Crippen LogP contribution is -2.14. The quantitative estimate of drug-likeness (QED) is 0.644. The highest BCUT2D eigenvalue weighted by molar-refractivity contribution is 5.90. The molecule has 0 spiro atoms. The zero-order chi connectivity index (χ0) is 9.14. The lowest BCUT2D eigenvalue weighted by Gasteiger charge is -2.02. The highest BCUT2D eigenvalue weighted by atomic mass is 16.1. The molecule has 1 aromatic heterocycles. The van der Waals surface area contributed by atoms with Crippen molar-refractivity contribution in [2.75, 3.05) is 0 Å². The molecule has 0 radical (unpaired) electrons. The van der Waals surface area contributed by atoms with Gasteiger partial charge in [0.05, 0.1) is 0 Å². The summed E-state index contributed by atoms with van der Waals surface area (Å²) in [7, 11) is 0. The fourth-order valence-electron chi connectivity index (χ4n) is 0.943. The fraction of sp³-hybridized carbons (Fsp3) is 0.250. The number of pyridine rings is 1. The molecule has 0 unspecified atom stereocenters. The maximum atomic E-state index is 10.7. The van der Waals surface area contributed by atoms with Gasteiger partial charge >= 0.3 is 0 Å². The van der Waals surface area contributed by atoms with Gasteiger partial charge in [-0.15, -0.1) is 0 Å². The molecule has 0 atom stereocenters. The molecule has 1 amide bonds. The van der Waals surface area contributed by atoms with Gasteiger partial charge in [0.1, 0.15) is 5.69 Å². The number of hydrogen-bond donors (Lipinski definition) is 2. The van der Waals surface area contributed by atoms with Crippen LogP contribution in [0.5, 0.6) is 0 Å². The monoisotopic (exact) mass is 165 g/mol. The third-order valence-corrected chi connectivity index (χ3v) is 1.67. The Kier molecular flexibility index (Phi) is 2.40. The van der Waals surface area contributed by atoms with E-state index in [2.05, 4.69) is 4.98 Å². The van der Waals surface area contributed by atoms with Crippen molar-refractivity contribution in [3.8, 4) is 0 Å². The van der Waals surface area contributed by atoms with Crippen LogP contribution >= 0.6 is 0 Å². The van der Waals surface area contributed by atoms with E-state index in [0.29, 0.717) is 6.54 Å². The second-order valence-electron chi connectivity index (χ2n) is 2.51. The molecule has 12 heavy (non-hydrogen) atoms. The van der Waals surface area contributed by atoms with Crippen molar-refractivity contribution in [2.45, 2.75) is 13.5 Å². The first-order chi connectivity index (χ1) is 5.65. The molecule has 0 aliphatic rings. The molecule has 4 nitrogen and oxygen atoms in total. The first kappa shape index (κ1) is 8.67. The van der Waals surface area contributed by atoms with E-state index >= 15 is 0 Å². The summed E-state index contributed by atoms with van der Waals surface area (Å²) < 4.78 is 0. The zero-order valence-electron chi connectivity index (χ0n) is 6.87. The van der Waals surface area contributed by atoms with Crippen LogP contribution in [0.2, 0.25) is 0 Å². The van der Waals surface area contributed by atoms with Crippen molar-refractivity contribution < 1.29 is 4.79 Å². The number of nitrogens with zero attached hydrogens (tertiary/aromatic N) is 1. The number of carbonyl (C=O) groups excluding carboxylic acids is 1. The minimum Gasteiger partial charge on any atom is -0.364 e. The Morgan fingerprint density at radius 2 is 2.25 bits per heavy atom. The van der Waals surface area contributed by atoms with E-state index in [4.69, 9.17) is 11.5 Å². The van der Waals surface area contributed by atoms with Gasteiger partial charge in [0.25, 0.3) is 5.91 Å². The van der Waals surface area contributed by atoms with Crippen LogP contribution in [0, 0.1) is 6.92 Å². The maximum Gasteiger partial charge on any atom is 0.267 e. The number of rotatable bonds is 2. The summed E-state index contributed by atoms with van der Waals surface area (Å²) >= 11 is 0. The first-order valence-electron chi connectivity index (χ1n) is 3.61. The summed E-state index contributed by atoms with van der Waals surface area (Å²) in [4.78, 5) is 14.7. The largest absolute Gasteiger partial charge is 0.364 e. The van der Waals surface area contributed by atoms with Crippen LogP contribution in [0.25, 0.3) is 0 Å². The number of aryl methyl sites for hydroxylation is 1. The average Bonchev–Trinajstić information content (AvgIpc) is 2.04. The standard InChI is InChI=1S/C8H11N3O/c1-5-6(4-9)2-3-7(11-5)8(10)12/h2-3H,4,9H2,1H3,(H2,10,12). The maximum absolute atomic E-state index is 10.7. The van der Waals surface area contributed by atoms with Gasteiger partial charge in [0.2, 0.25) is 0 Å². The smallest absolute Gasteiger partial charge is 0.267 e. The molecule has 0 aromatic carbocycles. The van der Waals surface area contributed by atoms with Gasteiger partial charge < -0.3 is 11.5 Å². The van der Waals surface area contributed by atoms with Crippen molar-refractivity contribution in [1.82, 2.24) is 4.98 Å². The summed E-state index contributed by atoms with van der Waals surface area (Å²) in [6, 6.07) is 3.35. The Bertz CT molecular complexity index is 309. The van der Waals surface area contributed by atoms with Gasteiger partial charge in [-0.05, 0) is 18.6 Å². The van der Waals surface area contributed by atoms with Gasteiger partial charge in [-0.1, -0.05) is 6.07 Å². The molecule has 0 saturated carbocycles. The van der Waals surface area contributed by atoms with E-state index in [1.165, 1.54) is 0 Å². The minimum atomic E-state index is -0.512. The zero-order valence-corrected chi connectivity index (χ0v) is 6.87. The second kappa shape index (κ2) is 3.32. The number of aromatic nitrogens is 1. The molecule has 0 aliphatic carbocycles. The lowest BCUT2D eigenvalue weighted by molar-refractivity contribution is 0.0995. The van der Waals surface area contributed by atoms with Gasteiger partial charge in [0.15, 0.2) is 0 Å². The van der Waals surface area contributed by atoms with Crippen molar-refractivity contribution in [1.29, 1.82) is 0 Å². The van der Waals surface area contributed by atoms with Crippen molar-refractivity contribution in [3.05, 3.63) is 29.1 Å². The molecule has 0 bridgehead atoms. The number of primary amides is 1. The van der Waals surface area contributed by atoms with Gasteiger partial charge in [-0.3, -0.25) is 4.79 Å². The van der Waals surface area contributed by atoms with Crippen molar-refractivity contribution in [2.24, 2.45) is 11.5 Å². The number of amides is 1. The molecule has 64 valence electrons. The lowest BCUT2D eigenvalue weighted by atomic mass is 10.2. The molecule has 4 heteroatoms. The van der Waals surface area contributed by atoms with E-state index in [1.54, 1.807) is 19.1 Å². The molecule has 1 aromatic rings. The van der Waals surface area contributed by atoms with Crippen LogP contribution in [-0.4, -0.2) is 10.9 Å². The summed E-state index contributed by atoms with van der Waals surface area (Å²) in [5.41, 5.74) is 12.4. The molecule has 1 heterocycles. The fourth-order valence-corrected chi connectivity index (χ4v) is 0.943. The van der Waals surface area contributed by atoms with Crippen LogP contribution in [0.3, 0.4) is 0 Å². The van der Waals surface area contributed by atoms with Crippen LogP contribution in [0.1, 0.15) is 21.7 Å². The Hall–Kier alpha value is -1.42. The Balaban J connectivity index is 3.10. The highest BCUT2D eigenvalue weighted by Gasteiger charge is 2.03. The predicted molar refractivity (Wildman–Crippen MR) is 45.4 cm³/mol. The highest BCUT2D eigenvalue weighted by Crippen LogP contribution is 2.04. The summed E-state index contributed by atoms with van der Waals surface area (Å²) in [5, 5.41) is 0. The first-order valence-corrected chi connectivity index (χ1v) is 3.61. The van der Waals surface area contributed by atoms with Crippen LogP contribution in [0.4, 0.5) is 0 Å². The molecule has 0 saturated heterocycles. The molecule has 1 rings (SSSR count). The third-order valence-electron chi connectivity index (χ3n) is 1.67. The van der Waals surface area contributed by atoms with E-state index in [0.717, 1.165) is 11.3 Å². The SMILES string of the molecule is Cc1nc(C(N)=O)ccc1CN. The Morgan fingerprint density at radius 1 is 1.58 bits per heavy atom. The number of carbonyl (C=O) groups is 1. The van der Waals surface area contributed by atoms with Crippen LogP contribution in [0.15, 0.2) is 12.1 Å². The third kappa shape index (κ3) is 1.60. The van der Waals surface area contributed by atoms with Gasteiger partial charge in [-0.2, -0.15) is 0 Å². The van der Waals surface area contributed by atoms with Crippen molar-refractivity contribution >= 4 is 5.91 Å². The second-order valence-corrected chi connectivity index (χ2v) is 2.51. The molecular weight excluding hydrogens is 154 g/mol. The topological polar surface area (TPSA) is 82.0 Å². The summed E-state index contributed by atoms with van der Waals surface area (Å²) in [6.45, 7) is 2.23. The van der Waals surface area contributed by atoms with E-state index in [-0.39, 0.29) is 5.69 Å². The van der Waals surface area contributed by atoms with Gasteiger partial charge in [0, 0.05) is 12.2 Å². The van der Waals surface area contributed by atoms with Gasteiger partial charge in [-0.25, -0.2) is 4.98 Å².